The van der Waals surface area contributed by atoms with Crippen LogP contribution in [-0.4, -0.2) is 20.2 Å². The Hall–Kier alpha value is -2.16. The van der Waals surface area contributed by atoms with Gasteiger partial charge in [-0.1, -0.05) is 23.7 Å². The zero-order valence-corrected chi connectivity index (χ0v) is 10.8. The van der Waals surface area contributed by atoms with Crippen LogP contribution in [-0.2, 0) is 13.0 Å². The topological polar surface area (TPSA) is 80.5 Å². The Kier molecular flexibility index (Phi) is 3.42. The van der Waals surface area contributed by atoms with Crippen molar-refractivity contribution in [3.05, 3.63) is 28.4 Å². The van der Waals surface area contributed by atoms with Crippen LogP contribution in [0.25, 0.3) is 0 Å². The minimum Gasteiger partial charge on any atom is -0.361 e. The summed E-state index contributed by atoms with van der Waals surface area (Å²) < 4.78 is 6.88. The van der Waals surface area contributed by atoms with Gasteiger partial charge in [0, 0.05) is 5.56 Å². The van der Waals surface area contributed by atoms with Crippen LogP contribution < -0.4 is 0 Å². The lowest BCUT2D eigenvalue weighted by molar-refractivity contribution is 0.391. The summed E-state index contributed by atoms with van der Waals surface area (Å²) in [6.07, 6.45) is 1.74. The first-order valence-electron chi connectivity index (χ1n) is 5.91. The quantitative estimate of drug-likeness (QED) is 0.819. The molecule has 0 aliphatic heterocycles. The molecule has 0 radical (unpaired) electrons. The van der Waals surface area contributed by atoms with Gasteiger partial charge in [0.2, 0.25) is 0 Å². The molecule has 0 spiro atoms. The van der Waals surface area contributed by atoms with Gasteiger partial charge in [-0.05, 0) is 20.3 Å². The van der Waals surface area contributed by atoms with Crippen LogP contribution in [0, 0.1) is 25.2 Å². The molecule has 0 saturated heterocycles. The zero-order valence-electron chi connectivity index (χ0n) is 10.8. The Labute approximate surface area is 105 Å². The van der Waals surface area contributed by atoms with Gasteiger partial charge in [-0.2, -0.15) is 5.26 Å². The molecule has 6 heteroatoms. The van der Waals surface area contributed by atoms with E-state index in [9.17, 15) is 0 Å². The molecule has 0 saturated carbocycles. The van der Waals surface area contributed by atoms with Gasteiger partial charge in [0.25, 0.3) is 0 Å². The summed E-state index contributed by atoms with van der Waals surface area (Å²) in [5.41, 5.74) is 3.13. The first-order chi connectivity index (χ1) is 8.67. The largest absolute Gasteiger partial charge is 0.361 e. The second-order valence-corrected chi connectivity index (χ2v) is 4.21. The zero-order chi connectivity index (χ0) is 13.1. The second kappa shape index (κ2) is 5.00. The fraction of sp³-hybridized carbons (Fsp3) is 0.500. The maximum atomic E-state index is 9.00. The van der Waals surface area contributed by atoms with E-state index in [1.54, 1.807) is 4.68 Å². The van der Waals surface area contributed by atoms with Crippen molar-refractivity contribution < 1.29 is 4.52 Å². The van der Waals surface area contributed by atoms with E-state index < -0.39 is 0 Å². The predicted octanol–water partition coefficient (Wildman–Crippen LogP) is 1.76. The lowest BCUT2D eigenvalue weighted by atomic mass is 10.2. The van der Waals surface area contributed by atoms with Crippen LogP contribution in [0.4, 0.5) is 0 Å². The van der Waals surface area contributed by atoms with E-state index in [0.29, 0.717) is 12.2 Å². The van der Waals surface area contributed by atoms with E-state index in [-0.39, 0.29) is 0 Å². The smallest absolute Gasteiger partial charge is 0.185 e. The van der Waals surface area contributed by atoms with Gasteiger partial charge in [-0.25, -0.2) is 4.68 Å². The third kappa shape index (κ3) is 2.12. The van der Waals surface area contributed by atoms with Crippen molar-refractivity contribution in [2.24, 2.45) is 0 Å². The average molecular weight is 245 g/mol. The second-order valence-electron chi connectivity index (χ2n) is 4.21. The van der Waals surface area contributed by atoms with Crippen molar-refractivity contribution in [2.75, 3.05) is 0 Å². The Morgan fingerprint density at radius 3 is 2.72 bits per heavy atom. The van der Waals surface area contributed by atoms with Crippen LogP contribution in [0.5, 0.6) is 0 Å². The molecular formula is C12H15N5O. The average Bonchev–Trinajstić information content (AvgIpc) is 2.88. The highest BCUT2D eigenvalue weighted by Crippen LogP contribution is 2.16. The summed E-state index contributed by atoms with van der Waals surface area (Å²) in [5, 5.41) is 20.8. The van der Waals surface area contributed by atoms with E-state index in [0.717, 1.165) is 35.6 Å². The molecule has 0 atom stereocenters. The lowest BCUT2D eigenvalue weighted by Gasteiger charge is -2.05. The molecule has 0 N–H and O–H groups in total. The number of nitrogens with zero attached hydrogens (tertiary/aromatic N) is 5. The van der Waals surface area contributed by atoms with E-state index in [1.807, 2.05) is 13.8 Å². The molecular weight excluding hydrogens is 230 g/mol. The van der Waals surface area contributed by atoms with Gasteiger partial charge >= 0.3 is 0 Å². The van der Waals surface area contributed by atoms with Crippen molar-refractivity contribution in [3.8, 4) is 6.07 Å². The van der Waals surface area contributed by atoms with E-state index in [1.165, 1.54) is 0 Å². The molecule has 0 aromatic carbocycles. The van der Waals surface area contributed by atoms with E-state index in [2.05, 4.69) is 28.5 Å². The fourth-order valence-corrected chi connectivity index (χ4v) is 1.91. The summed E-state index contributed by atoms with van der Waals surface area (Å²) in [5.74, 6) is 0.781. The van der Waals surface area contributed by atoms with Gasteiger partial charge in [0.1, 0.15) is 11.8 Å². The molecule has 94 valence electrons. The van der Waals surface area contributed by atoms with Crippen LogP contribution in [0.2, 0.25) is 0 Å². The van der Waals surface area contributed by atoms with Crippen LogP contribution in [0.15, 0.2) is 4.52 Å². The SMILES string of the molecule is CCCc1c(C#N)nnn1Cc1c(C)noc1C. The summed E-state index contributed by atoms with van der Waals surface area (Å²) in [7, 11) is 0. The van der Waals surface area contributed by atoms with Crippen LogP contribution in [0.3, 0.4) is 0 Å². The van der Waals surface area contributed by atoms with Gasteiger partial charge in [-0.15, -0.1) is 5.10 Å². The van der Waals surface area contributed by atoms with Crippen LogP contribution in [0.1, 0.15) is 41.8 Å². The monoisotopic (exact) mass is 245 g/mol. The highest BCUT2D eigenvalue weighted by atomic mass is 16.5. The van der Waals surface area contributed by atoms with Gasteiger partial charge in [0.15, 0.2) is 5.69 Å². The van der Waals surface area contributed by atoms with Gasteiger partial charge in [-0.3, -0.25) is 0 Å². The number of nitriles is 1. The normalized spacial score (nSPS) is 10.6. The summed E-state index contributed by atoms with van der Waals surface area (Å²) >= 11 is 0. The number of rotatable bonds is 4. The summed E-state index contributed by atoms with van der Waals surface area (Å²) in [6.45, 7) is 6.38. The predicted molar refractivity (Wildman–Crippen MR) is 63.8 cm³/mol. The van der Waals surface area contributed by atoms with Crippen molar-refractivity contribution in [1.82, 2.24) is 20.2 Å². The third-order valence-corrected chi connectivity index (χ3v) is 2.92. The van der Waals surface area contributed by atoms with E-state index >= 15 is 0 Å². The lowest BCUT2D eigenvalue weighted by Crippen LogP contribution is -2.08. The minimum absolute atomic E-state index is 0.406. The molecule has 0 unspecified atom stereocenters. The van der Waals surface area contributed by atoms with Crippen molar-refractivity contribution in [2.45, 2.75) is 40.2 Å². The maximum Gasteiger partial charge on any atom is 0.185 e. The molecule has 0 aliphatic rings. The third-order valence-electron chi connectivity index (χ3n) is 2.92. The molecule has 2 aromatic heterocycles. The fourth-order valence-electron chi connectivity index (χ4n) is 1.91. The van der Waals surface area contributed by atoms with Gasteiger partial charge in [0.05, 0.1) is 17.9 Å². The number of aryl methyl sites for hydroxylation is 2. The van der Waals surface area contributed by atoms with Gasteiger partial charge < -0.3 is 4.52 Å². The molecule has 0 aliphatic carbocycles. The first-order valence-corrected chi connectivity index (χ1v) is 5.91. The van der Waals surface area contributed by atoms with Crippen molar-refractivity contribution in [3.63, 3.8) is 0 Å². The van der Waals surface area contributed by atoms with Crippen molar-refractivity contribution >= 4 is 0 Å². The Bertz CT molecular complexity index is 571. The molecule has 0 fully saturated rings. The molecule has 18 heavy (non-hydrogen) atoms. The summed E-state index contributed by atoms with van der Waals surface area (Å²) in [4.78, 5) is 0. The minimum atomic E-state index is 0.406. The van der Waals surface area contributed by atoms with Crippen molar-refractivity contribution in [1.29, 1.82) is 5.26 Å². The summed E-state index contributed by atoms with van der Waals surface area (Å²) in [6, 6.07) is 2.08. The Morgan fingerprint density at radius 1 is 1.39 bits per heavy atom. The molecule has 0 amide bonds. The van der Waals surface area contributed by atoms with Crippen LogP contribution >= 0.6 is 0 Å². The maximum absolute atomic E-state index is 9.00. The Balaban J connectivity index is 2.35. The molecule has 2 aromatic rings. The molecule has 6 nitrogen and oxygen atoms in total. The first kappa shape index (κ1) is 12.3. The number of hydrogen-bond donors (Lipinski definition) is 0. The standard InChI is InChI=1S/C12H15N5O/c1-4-5-12-11(6-13)14-16-17(12)7-10-8(2)15-18-9(10)3/h4-5,7H2,1-3H3. The molecule has 2 heterocycles. The van der Waals surface area contributed by atoms with E-state index in [4.69, 9.17) is 9.78 Å². The molecule has 0 bridgehead atoms. The highest BCUT2D eigenvalue weighted by Gasteiger charge is 2.15. The molecule has 2 rings (SSSR count). The number of hydrogen-bond acceptors (Lipinski definition) is 5. The Morgan fingerprint density at radius 2 is 2.17 bits per heavy atom. The highest BCUT2D eigenvalue weighted by molar-refractivity contribution is 5.27. The number of aromatic nitrogens is 4.